The van der Waals surface area contributed by atoms with Gasteiger partial charge < -0.3 is 24.2 Å². The van der Waals surface area contributed by atoms with Gasteiger partial charge in [-0.1, -0.05) is 17.3 Å². The van der Waals surface area contributed by atoms with E-state index in [-0.39, 0.29) is 6.79 Å². The highest BCUT2D eigenvalue weighted by molar-refractivity contribution is 5.79. The van der Waals surface area contributed by atoms with Gasteiger partial charge in [-0.2, -0.15) is 4.98 Å². The quantitative estimate of drug-likeness (QED) is 0.501. The van der Waals surface area contributed by atoms with Crippen LogP contribution >= 0.6 is 0 Å². The van der Waals surface area contributed by atoms with Gasteiger partial charge in [0.05, 0.1) is 0 Å². The number of nitrogens with zero attached hydrogens (tertiary/aromatic N) is 5. The van der Waals surface area contributed by atoms with Crippen molar-refractivity contribution >= 4 is 5.96 Å². The Labute approximate surface area is 168 Å². The van der Waals surface area contributed by atoms with E-state index in [0.29, 0.717) is 36.9 Å². The van der Waals surface area contributed by atoms with Crippen LogP contribution in [0.1, 0.15) is 11.4 Å². The fourth-order valence-corrected chi connectivity index (χ4v) is 3.01. The maximum Gasteiger partial charge on any atom is 0.276 e. The van der Waals surface area contributed by atoms with Crippen LogP contribution < -0.4 is 14.8 Å². The zero-order valence-electron chi connectivity index (χ0n) is 16.3. The van der Waals surface area contributed by atoms with Crippen molar-refractivity contribution in [3.8, 4) is 23.1 Å². The third-order valence-electron chi connectivity index (χ3n) is 4.41. The Kier molecular flexibility index (Phi) is 5.55. The molecule has 9 heteroatoms. The minimum Gasteiger partial charge on any atom is -0.454 e. The summed E-state index contributed by atoms with van der Waals surface area (Å²) >= 11 is 0. The highest BCUT2D eigenvalue weighted by atomic mass is 16.7. The van der Waals surface area contributed by atoms with Gasteiger partial charge in [0.15, 0.2) is 23.3 Å². The standard InChI is InChI=1S/C20H22N6O3/c1-21-20(26(2)12-14-6-7-16-17(11-14)28-13-27-16)23-10-8-18-24-19(29-25-18)15-5-3-4-9-22-15/h3-7,9,11H,8,10,12-13H2,1-2H3,(H,21,23). The van der Waals surface area contributed by atoms with Crippen LogP contribution in [0.5, 0.6) is 11.5 Å². The molecule has 0 amide bonds. The average molecular weight is 394 g/mol. The molecule has 1 aliphatic heterocycles. The molecule has 0 radical (unpaired) electrons. The van der Waals surface area contributed by atoms with Crippen molar-refractivity contribution in [1.82, 2.24) is 25.3 Å². The number of rotatable bonds is 6. The van der Waals surface area contributed by atoms with E-state index in [1.54, 1.807) is 13.2 Å². The van der Waals surface area contributed by atoms with Crippen LogP contribution in [0.4, 0.5) is 0 Å². The van der Waals surface area contributed by atoms with E-state index in [2.05, 4.69) is 25.4 Å². The first kappa shape index (κ1) is 18.7. The molecule has 3 aromatic rings. The summed E-state index contributed by atoms with van der Waals surface area (Å²) in [6.07, 6.45) is 2.30. The van der Waals surface area contributed by atoms with Gasteiger partial charge in [0.1, 0.15) is 5.69 Å². The number of benzene rings is 1. The van der Waals surface area contributed by atoms with Crippen molar-refractivity contribution in [2.45, 2.75) is 13.0 Å². The Morgan fingerprint density at radius 3 is 2.93 bits per heavy atom. The van der Waals surface area contributed by atoms with Gasteiger partial charge >= 0.3 is 0 Å². The largest absolute Gasteiger partial charge is 0.454 e. The number of hydrogen-bond donors (Lipinski definition) is 1. The van der Waals surface area contributed by atoms with E-state index >= 15 is 0 Å². The Morgan fingerprint density at radius 1 is 1.21 bits per heavy atom. The lowest BCUT2D eigenvalue weighted by atomic mass is 10.2. The summed E-state index contributed by atoms with van der Waals surface area (Å²) in [5.41, 5.74) is 1.77. The van der Waals surface area contributed by atoms with Crippen molar-refractivity contribution in [2.24, 2.45) is 4.99 Å². The molecule has 0 bridgehead atoms. The highest BCUT2D eigenvalue weighted by Crippen LogP contribution is 2.32. The zero-order valence-corrected chi connectivity index (χ0v) is 16.3. The van der Waals surface area contributed by atoms with Crippen LogP contribution in [0, 0.1) is 0 Å². The second kappa shape index (κ2) is 8.59. The zero-order chi connectivity index (χ0) is 20.1. The number of hydrogen-bond acceptors (Lipinski definition) is 7. The Balaban J connectivity index is 1.30. The van der Waals surface area contributed by atoms with Crippen molar-refractivity contribution in [3.05, 3.63) is 54.0 Å². The van der Waals surface area contributed by atoms with E-state index in [1.807, 2.05) is 48.3 Å². The van der Waals surface area contributed by atoms with E-state index in [0.717, 1.165) is 23.0 Å². The smallest absolute Gasteiger partial charge is 0.276 e. The molecule has 0 saturated heterocycles. The molecule has 1 N–H and O–H groups in total. The molecule has 150 valence electrons. The molecule has 0 spiro atoms. The van der Waals surface area contributed by atoms with Crippen LogP contribution in [-0.2, 0) is 13.0 Å². The predicted octanol–water partition coefficient (Wildman–Crippen LogP) is 2.11. The third kappa shape index (κ3) is 4.45. The molecule has 9 nitrogen and oxygen atoms in total. The maximum absolute atomic E-state index is 5.44. The highest BCUT2D eigenvalue weighted by Gasteiger charge is 2.15. The second-order valence-electron chi connectivity index (χ2n) is 6.50. The van der Waals surface area contributed by atoms with Crippen molar-refractivity contribution in [3.63, 3.8) is 0 Å². The number of guanidine groups is 1. The summed E-state index contributed by atoms with van der Waals surface area (Å²) in [6, 6.07) is 11.5. The topological polar surface area (TPSA) is 97.9 Å². The lowest BCUT2D eigenvalue weighted by Crippen LogP contribution is -2.39. The summed E-state index contributed by atoms with van der Waals surface area (Å²) in [7, 11) is 3.74. The monoisotopic (exact) mass is 394 g/mol. The molecule has 0 fully saturated rings. The number of nitrogens with one attached hydrogen (secondary N) is 1. The van der Waals surface area contributed by atoms with Crippen LogP contribution in [-0.4, -0.2) is 53.4 Å². The number of aliphatic imine (C=N–C) groups is 1. The van der Waals surface area contributed by atoms with E-state index < -0.39 is 0 Å². The first-order chi connectivity index (χ1) is 14.2. The van der Waals surface area contributed by atoms with Gasteiger partial charge in [-0.05, 0) is 29.8 Å². The molecular weight excluding hydrogens is 372 g/mol. The minimum atomic E-state index is 0.274. The number of pyridine rings is 1. The predicted molar refractivity (Wildman–Crippen MR) is 107 cm³/mol. The Hall–Kier alpha value is -3.62. The molecule has 2 aromatic heterocycles. The molecule has 3 heterocycles. The average Bonchev–Trinajstić information content (AvgIpc) is 3.41. The normalized spacial score (nSPS) is 12.8. The van der Waals surface area contributed by atoms with E-state index in [9.17, 15) is 0 Å². The molecule has 4 rings (SSSR count). The first-order valence-electron chi connectivity index (χ1n) is 9.27. The molecule has 0 atom stereocenters. The molecule has 1 aromatic carbocycles. The van der Waals surface area contributed by atoms with Crippen LogP contribution in [0.3, 0.4) is 0 Å². The van der Waals surface area contributed by atoms with Gasteiger partial charge in [-0.3, -0.25) is 9.98 Å². The Morgan fingerprint density at radius 2 is 2.10 bits per heavy atom. The van der Waals surface area contributed by atoms with Gasteiger partial charge in [-0.25, -0.2) is 0 Å². The fourth-order valence-electron chi connectivity index (χ4n) is 3.01. The number of aromatic nitrogens is 3. The summed E-state index contributed by atoms with van der Waals surface area (Å²) < 4.78 is 16.1. The summed E-state index contributed by atoms with van der Waals surface area (Å²) in [5, 5.41) is 7.34. The summed E-state index contributed by atoms with van der Waals surface area (Å²) in [6.45, 7) is 1.58. The molecule has 29 heavy (non-hydrogen) atoms. The van der Waals surface area contributed by atoms with Gasteiger partial charge in [-0.15, -0.1) is 0 Å². The Bertz CT molecular complexity index is 989. The lowest BCUT2D eigenvalue weighted by Gasteiger charge is -2.22. The number of fused-ring (bicyclic) bond motifs is 1. The summed E-state index contributed by atoms with van der Waals surface area (Å²) in [5.74, 6) is 3.37. The molecule has 0 saturated carbocycles. The van der Waals surface area contributed by atoms with E-state index in [1.165, 1.54) is 0 Å². The fraction of sp³-hybridized carbons (Fsp3) is 0.300. The molecule has 0 aliphatic carbocycles. The lowest BCUT2D eigenvalue weighted by molar-refractivity contribution is 0.174. The maximum atomic E-state index is 5.44. The third-order valence-corrected chi connectivity index (χ3v) is 4.41. The van der Waals surface area contributed by atoms with Crippen LogP contribution in [0.25, 0.3) is 11.6 Å². The SMILES string of the molecule is CN=C(NCCc1noc(-c2ccccn2)n1)N(C)Cc1ccc2c(c1)OCO2. The first-order valence-corrected chi connectivity index (χ1v) is 9.27. The van der Waals surface area contributed by atoms with Crippen LogP contribution in [0.2, 0.25) is 0 Å². The molecule has 0 unspecified atom stereocenters. The van der Waals surface area contributed by atoms with E-state index in [4.69, 9.17) is 14.0 Å². The van der Waals surface area contributed by atoms with Gasteiger partial charge in [0.2, 0.25) is 6.79 Å². The van der Waals surface area contributed by atoms with Crippen molar-refractivity contribution < 1.29 is 14.0 Å². The minimum absolute atomic E-state index is 0.274. The second-order valence-corrected chi connectivity index (χ2v) is 6.50. The number of ether oxygens (including phenoxy) is 2. The van der Waals surface area contributed by atoms with Gasteiger partial charge in [0.25, 0.3) is 5.89 Å². The summed E-state index contributed by atoms with van der Waals surface area (Å²) in [4.78, 5) is 15.0. The van der Waals surface area contributed by atoms with Gasteiger partial charge in [0, 0.05) is 39.8 Å². The van der Waals surface area contributed by atoms with Crippen LogP contribution in [0.15, 0.2) is 52.1 Å². The molecular formula is C20H22N6O3. The molecule has 1 aliphatic rings. The van der Waals surface area contributed by atoms with Crippen molar-refractivity contribution in [1.29, 1.82) is 0 Å². The van der Waals surface area contributed by atoms with Crippen molar-refractivity contribution in [2.75, 3.05) is 27.4 Å².